The van der Waals surface area contributed by atoms with Crippen LogP contribution in [0.3, 0.4) is 0 Å². The lowest BCUT2D eigenvalue weighted by atomic mass is 10.4. The fourth-order valence-corrected chi connectivity index (χ4v) is 1.68. The molecule has 0 amide bonds. The first kappa shape index (κ1) is 11.9. The van der Waals surface area contributed by atoms with Crippen molar-refractivity contribution in [1.82, 2.24) is 13.3 Å². The summed E-state index contributed by atoms with van der Waals surface area (Å²) >= 11 is 0. The Morgan fingerprint density at radius 3 is 2.80 bits per heavy atom. The highest BCUT2D eigenvalue weighted by atomic mass is 32.2. The first-order chi connectivity index (χ1) is 6.98. The van der Waals surface area contributed by atoms with Crippen LogP contribution >= 0.6 is 0 Å². The van der Waals surface area contributed by atoms with Gasteiger partial charge in [-0.25, -0.2) is 8.96 Å². The van der Waals surface area contributed by atoms with Gasteiger partial charge in [-0.3, -0.25) is 0 Å². The van der Waals surface area contributed by atoms with Gasteiger partial charge in [0, 0.05) is 20.3 Å². The van der Waals surface area contributed by atoms with Crippen LogP contribution in [0.15, 0.2) is 18.6 Å². The van der Waals surface area contributed by atoms with Crippen LogP contribution in [-0.2, 0) is 10.2 Å². The van der Waals surface area contributed by atoms with Gasteiger partial charge in [0.15, 0.2) is 0 Å². The van der Waals surface area contributed by atoms with Gasteiger partial charge in [-0.15, -0.1) is 0 Å². The zero-order chi connectivity index (χ0) is 11.5. The Morgan fingerprint density at radius 1 is 1.60 bits per heavy atom. The molecule has 0 aliphatic rings. The van der Waals surface area contributed by atoms with Crippen LogP contribution in [0.4, 0.5) is 0 Å². The van der Waals surface area contributed by atoms with Crippen molar-refractivity contribution in [3.63, 3.8) is 0 Å². The number of hydrogen-bond acceptors (Lipinski definition) is 4. The van der Waals surface area contributed by atoms with Crippen LogP contribution in [0, 0.1) is 0 Å². The quantitative estimate of drug-likeness (QED) is 0.761. The van der Waals surface area contributed by atoms with Crippen molar-refractivity contribution >= 4 is 16.3 Å². The van der Waals surface area contributed by atoms with E-state index < -0.39 is 10.2 Å². The molecule has 0 saturated carbocycles. The van der Waals surface area contributed by atoms with Gasteiger partial charge in [0.2, 0.25) is 0 Å². The molecule has 0 aliphatic carbocycles. The summed E-state index contributed by atoms with van der Waals surface area (Å²) in [5.74, 6) is 0. The van der Waals surface area contributed by atoms with Gasteiger partial charge in [0.25, 0.3) is 0 Å². The highest BCUT2D eigenvalue weighted by Gasteiger charge is 2.15. The summed E-state index contributed by atoms with van der Waals surface area (Å²) in [6, 6.07) is 0. The summed E-state index contributed by atoms with van der Waals surface area (Å²) in [5.41, 5.74) is 0.481. The molecule has 0 atom stereocenters. The highest BCUT2D eigenvalue weighted by molar-refractivity contribution is 7.87. The Kier molecular flexibility index (Phi) is 3.61. The van der Waals surface area contributed by atoms with Crippen LogP contribution in [0.25, 0.3) is 6.08 Å². The molecule has 0 aromatic carbocycles. The van der Waals surface area contributed by atoms with Gasteiger partial charge < -0.3 is 5.11 Å². The average Bonchev–Trinajstić information content (AvgIpc) is 2.63. The van der Waals surface area contributed by atoms with E-state index in [1.165, 1.54) is 32.7 Å². The number of nitrogens with zero attached hydrogens (tertiary/aromatic N) is 3. The maximum Gasteiger partial charge on any atom is 0.308 e. The number of hydrogen-bond donors (Lipinski definition) is 1. The van der Waals surface area contributed by atoms with E-state index in [0.717, 1.165) is 8.28 Å². The predicted molar refractivity (Wildman–Crippen MR) is 56.4 cm³/mol. The Morgan fingerprint density at radius 2 is 2.27 bits per heavy atom. The number of imidazole rings is 1. The molecule has 0 radical (unpaired) electrons. The Labute approximate surface area is 88.7 Å². The van der Waals surface area contributed by atoms with E-state index in [9.17, 15) is 8.42 Å². The lowest BCUT2D eigenvalue weighted by molar-refractivity contribution is 0.343. The van der Waals surface area contributed by atoms with E-state index in [0.29, 0.717) is 5.69 Å². The normalized spacial score (nSPS) is 12.8. The van der Waals surface area contributed by atoms with Gasteiger partial charge in [-0.1, -0.05) is 6.08 Å². The minimum atomic E-state index is -3.49. The van der Waals surface area contributed by atoms with Crippen LogP contribution in [0.2, 0.25) is 0 Å². The summed E-state index contributed by atoms with van der Waals surface area (Å²) in [6.07, 6.45) is 5.62. The maximum absolute atomic E-state index is 11.6. The molecule has 1 rings (SSSR count). The fourth-order valence-electron chi connectivity index (χ4n) is 0.895. The second-order valence-corrected chi connectivity index (χ2v) is 5.05. The third-order valence-electron chi connectivity index (χ3n) is 1.70. The standard InChI is InChI=1S/C8H13N3O3S/c1-10(2)15(13,14)11-6-8(9-7-11)4-3-5-12/h3-4,6-7,12H,5H2,1-2H3/b4-3+. The number of aliphatic hydroxyl groups excluding tert-OH is 1. The van der Waals surface area contributed by atoms with Crippen LogP contribution in [0.5, 0.6) is 0 Å². The second-order valence-electron chi connectivity index (χ2n) is 3.00. The Hall–Kier alpha value is -1.18. The molecule has 0 spiro atoms. The topological polar surface area (TPSA) is 75.4 Å². The van der Waals surface area contributed by atoms with E-state index in [4.69, 9.17) is 5.11 Å². The predicted octanol–water partition coefficient (Wildman–Crippen LogP) is -0.457. The smallest absolute Gasteiger partial charge is 0.308 e. The molecule has 0 saturated heterocycles. The number of rotatable bonds is 4. The van der Waals surface area contributed by atoms with Crippen LogP contribution in [0.1, 0.15) is 5.69 Å². The van der Waals surface area contributed by atoms with Gasteiger partial charge in [0.1, 0.15) is 6.33 Å². The monoisotopic (exact) mass is 231 g/mol. The maximum atomic E-state index is 11.6. The summed E-state index contributed by atoms with van der Waals surface area (Å²) in [6.45, 7) is -0.104. The molecule has 84 valence electrons. The molecule has 7 heteroatoms. The first-order valence-electron chi connectivity index (χ1n) is 4.23. The number of aliphatic hydroxyl groups is 1. The molecule has 1 aromatic heterocycles. The van der Waals surface area contributed by atoms with Crippen molar-refractivity contribution in [3.8, 4) is 0 Å². The molecule has 1 N–H and O–H groups in total. The van der Waals surface area contributed by atoms with E-state index in [-0.39, 0.29) is 6.61 Å². The molecule has 1 heterocycles. The molecule has 0 unspecified atom stereocenters. The lowest BCUT2D eigenvalue weighted by Gasteiger charge is -2.10. The van der Waals surface area contributed by atoms with Crippen LogP contribution < -0.4 is 0 Å². The average molecular weight is 231 g/mol. The Balaban J connectivity index is 2.99. The molecule has 0 bridgehead atoms. The zero-order valence-electron chi connectivity index (χ0n) is 8.53. The lowest BCUT2D eigenvalue weighted by Crippen LogP contribution is -2.27. The molecule has 15 heavy (non-hydrogen) atoms. The van der Waals surface area contributed by atoms with Crippen LogP contribution in [-0.4, -0.2) is 47.5 Å². The van der Waals surface area contributed by atoms with E-state index >= 15 is 0 Å². The van der Waals surface area contributed by atoms with Gasteiger partial charge in [-0.2, -0.15) is 12.7 Å². The number of aromatic nitrogens is 2. The molecular weight excluding hydrogens is 218 g/mol. The van der Waals surface area contributed by atoms with E-state index in [2.05, 4.69) is 4.98 Å². The SMILES string of the molecule is CN(C)S(=O)(=O)n1cnc(/C=C/CO)c1. The van der Waals surface area contributed by atoms with Crippen molar-refractivity contribution in [1.29, 1.82) is 0 Å². The largest absolute Gasteiger partial charge is 0.392 e. The summed E-state index contributed by atoms with van der Waals surface area (Å²) in [4.78, 5) is 3.86. The third-order valence-corrected chi connectivity index (χ3v) is 3.36. The summed E-state index contributed by atoms with van der Waals surface area (Å²) in [7, 11) is -0.604. The van der Waals surface area contributed by atoms with Gasteiger partial charge in [0.05, 0.1) is 12.3 Å². The van der Waals surface area contributed by atoms with Crippen molar-refractivity contribution < 1.29 is 13.5 Å². The molecular formula is C8H13N3O3S. The minimum absolute atomic E-state index is 0.104. The Bertz CT molecular complexity index is 447. The zero-order valence-corrected chi connectivity index (χ0v) is 9.35. The van der Waals surface area contributed by atoms with Crippen molar-refractivity contribution in [2.45, 2.75) is 0 Å². The molecule has 1 aromatic rings. The van der Waals surface area contributed by atoms with E-state index in [1.807, 2.05) is 0 Å². The molecule has 0 aliphatic heterocycles. The first-order valence-corrected chi connectivity index (χ1v) is 5.62. The summed E-state index contributed by atoms with van der Waals surface area (Å²) in [5, 5.41) is 8.53. The second kappa shape index (κ2) is 4.56. The molecule has 6 nitrogen and oxygen atoms in total. The highest BCUT2D eigenvalue weighted by Crippen LogP contribution is 2.04. The van der Waals surface area contributed by atoms with Crippen molar-refractivity contribution in [2.24, 2.45) is 0 Å². The minimum Gasteiger partial charge on any atom is -0.392 e. The van der Waals surface area contributed by atoms with E-state index in [1.54, 1.807) is 6.08 Å². The third kappa shape index (κ3) is 2.65. The summed E-state index contributed by atoms with van der Waals surface area (Å²) < 4.78 is 25.3. The van der Waals surface area contributed by atoms with Crippen molar-refractivity contribution in [3.05, 3.63) is 24.3 Å². The molecule has 0 fully saturated rings. The van der Waals surface area contributed by atoms with Gasteiger partial charge >= 0.3 is 10.2 Å². The van der Waals surface area contributed by atoms with Gasteiger partial charge in [-0.05, 0) is 6.08 Å². The van der Waals surface area contributed by atoms with Crippen molar-refractivity contribution in [2.75, 3.05) is 20.7 Å². The fraction of sp³-hybridized carbons (Fsp3) is 0.375.